The van der Waals surface area contributed by atoms with Gasteiger partial charge >= 0.3 is 0 Å². The van der Waals surface area contributed by atoms with Gasteiger partial charge in [-0.2, -0.15) is 0 Å². The van der Waals surface area contributed by atoms with Gasteiger partial charge in [0, 0.05) is 12.6 Å². The van der Waals surface area contributed by atoms with Crippen molar-refractivity contribution in [1.29, 1.82) is 0 Å². The van der Waals surface area contributed by atoms with Crippen LogP contribution in [0.5, 0.6) is 0 Å². The van der Waals surface area contributed by atoms with Crippen molar-refractivity contribution in [3.05, 3.63) is 0 Å². The van der Waals surface area contributed by atoms with E-state index in [9.17, 15) is 40.5 Å². The third-order valence-electron chi connectivity index (χ3n) is 7.15. The number of ether oxygens (including phenoxy) is 4. The molecule has 1 saturated carbocycles. The monoisotopic (exact) mass is 555 g/mol. The molecule has 1 amide bonds. The summed E-state index contributed by atoms with van der Waals surface area (Å²) in [6.45, 7) is -0.763. The van der Waals surface area contributed by atoms with E-state index in [1.54, 1.807) is 0 Å². The zero-order chi connectivity index (χ0) is 28.3. The van der Waals surface area contributed by atoms with E-state index in [2.05, 4.69) is 5.32 Å². The first-order valence-corrected chi connectivity index (χ1v) is 12.5. The number of nitrogens with one attached hydrogen (secondary N) is 1. The van der Waals surface area contributed by atoms with Crippen molar-refractivity contribution >= 4 is 5.91 Å². The number of amides is 1. The highest BCUT2D eigenvalue weighted by Crippen LogP contribution is 2.32. The summed E-state index contributed by atoms with van der Waals surface area (Å²) < 4.78 is 22.7. The minimum absolute atomic E-state index is 0.0239. The van der Waals surface area contributed by atoms with E-state index in [-0.39, 0.29) is 25.9 Å². The number of aliphatic hydroxyl groups is 7. The van der Waals surface area contributed by atoms with Crippen molar-refractivity contribution < 1.29 is 59.5 Å². The fraction of sp³-hybridized carbons (Fsp3) is 0.952. The van der Waals surface area contributed by atoms with Crippen molar-refractivity contribution in [2.24, 2.45) is 22.9 Å². The van der Waals surface area contributed by atoms with Crippen LogP contribution in [0.2, 0.25) is 0 Å². The summed E-state index contributed by atoms with van der Waals surface area (Å²) in [5, 5.41) is 74.1. The zero-order valence-electron chi connectivity index (χ0n) is 20.7. The number of carbonyl (C=O) groups is 1. The Hall–Kier alpha value is -1.13. The average molecular weight is 556 g/mol. The second kappa shape index (κ2) is 13.5. The Balaban J connectivity index is 1.84. The first kappa shape index (κ1) is 31.4. The van der Waals surface area contributed by atoms with Crippen LogP contribution in [-0.4, -0.2) is 153 Å². The number of carbonyl (C=O) groups excluding carboxylic acids is 1. The molecular weight excluding hydrogens is 514 g/mol. The molecule has 17 nitrogen and oxygen atoms in total. The van der Waals surface area contributed by atoms with Gasteiger partial charge in [-0.25, -0.2) is 0 Å². The Morgan fingerprint density at radius 1 is 0.895 bits per heavy atom. The highest BCUT2D eigenvalue weighted by molar-refractivity contribution is 5.80. The lowest BCUT2D eigenvalue weighted by Crippen LogP contribution is -2.69. The van der Waals surface area contributed by atoms with Crippen LogP contribution in [0, 0.1) is 0 Å². The van der Waals surface area contributed by atoms with Gasteiger partial charge in [0.05, 0.1) is 18.7 Å². The molecule has 2 heterocycles. The molecule has 222 valence electrons. The average Bonchev–Trinajstić information content (AvgIpc) is 3.16. The first-order valence-electron chi connectivity index (χ1n) is 12.5. The van der Waals surface area contributed by atoms with Crippen LogP contribution in [0.3, 0.4) is 0 Å². The van der Waals surface area contributed by atoms with E-state index in [1.165, 1.54) is 0 Å². The van der Waals surface area contributed by atoms with E-state index in [0.29, 0.717) is 0 Å². The van der Waals surface area contributed by atoms with Gasteiger partial charge in [0.25, 0.3) is 0 Å². The lowest BCUT2D eigenvalue weighted by molar-refractivity contribution is -0.310. The Labute approximate surface area is 218 Å². The maximum absolute atomic E-state index is 12.4. The summed E-state index contributed by atoms with van der Waals surface area (Å²) >= 11 is 0. The van der Waals surface area contributed by atoms with Gasteiger partial charge in [0.15, 0.2) is 12.6 Å². The minimum atomic E-state index is -1.56. The van der Waals surface area contributed by atoms with Crippen LogP contribution in [0.25, 0.3) is 0 Å². The van der Waals surface area contributed by atoms with Gasteiger partial charge in [-0.15, -0.1) is 0 Å². The maximum Gasteiger partial charge on any atom is 0.249 e. The smallest absolute Gasteiger partial charge is 0.249 e. The molecule has 2 aliphatic heterocycles. The zero-order valence-corrected chi connectivity index (χ0v) is 20.7. The second-order valence-electron chi connectivity index (χ2n) is 9.84. The number of hydrogen-bond donors (Lipinski definition) is 12. The Bertz CT molecular complexity index is 770. The predicted octanol–water partition coefficient (Wildman–Crippen LogP) is -7.79. The minimum Gasteiger partial charge on any atom is -0.394 e. The standard InChI is InChI=1S/C21H41N5O12/c22-2-1-8(28)19(34)26-7-3-6(24)17(37-20-11(25)15(32)14(31)10(5-27)36-20)18(12(7)29)38-21-16(33)13(30)9(4-23)35-21/h6-18,20-21,27-33H,1-5,22-25H2,(H,26,34)/t6?,7-,8+,9-,10?,11?,12-,13?,14-,15?,16+,17-,18?,20-,21+/m1/s1. The van der Waals surface area contributed by atoms with Crippen molar-refractivity contribution in [1.82, 2.24) is 5.32 Å². The molecule has 38 heavy (non-hydrogen) atoms. The molecule has 0 aromatic rings. The molecule has 15 atom stereocenters. The molecule has 3 rings (SSSR count). The summed E-state index contributed by atoms with van der Waals surface area (Å²) in [4.78, 5) is 12.4. The highest BCUT2D eigenvalue weighted by Gasteiger charge is 2.52. The van der Waals surface area contributed by atoms with Gasteiger partial charge in [-0.1, -0.05) is 0 Å². The lowest BCUT2D eigenvalue weighted by atomic mass is 9.83. The van der Waals surface area contributed by atoms with Gasteiger partial charge < -0.3 is 82.9 Å². The maximum atomic E-state index is 12.4. The predicted molar refractivity (Wildman–Crippen MR) is 125 cm³/mol. The third-order valence-corrected chi connectivity index (χ3v) is 7.15. The molecule has 0 radical (unpaired) electrons. The van der Waals surface area contributed by atoms with E-state index in [4.69, 9.17) is 41.9 Å². The molecule has 0 bridgehead atoms. The molecular formula is C21H41N5O12. The van der Waals surface area contributed by atoms with Gasteiger partial charge in [0.2, 0.25) is 5.91 Å². The van der Waals surface area contributed by atoms with Crippen LogP contribution in [0.1, 0.15) is 12.8 Å². The fourth-order valence-electron chi connectivity index (χ4n) is 4.84. The summed E-state index contributed by atoms with van der Waals surface area (Å²) in [6.07, 6.45) is -16.9. The molecule has 3 aliphatic rings. The number of aliphatic hydroxyl groups excluding tert-OH is 7. The molecule has 0 aromatic carbocycles. The van der Waals surface area contributed by atoms with Gasteiger partial charge in [-0.3, -0.25) is 4.79 Å². The van der Waals surface area contributed by atoms with E-state index < -0.39 is 104 Å². The lowest BCUT2D eigenvalue weighted by Gasteiger charge is -2.47. The SMILES string of the molecule is NCC[C@H](O)C(=O)N[C@@H]1CC(N)[C@@H](O[C@H]2OC(CO)[C@@H](O)C(O)C2N)C(O[C@@H]2O[C@H](CN)C(O)[C@@H]2O)[C@@H]1O. The van der Waals surface area contributed by atoms with E-state index in [1.807, 2.05) is 0 Å². The van der Waals surface area contributed by atoms with Crippen LogP contribution in [0.15, 0.2) is 0 Å². The van der Waals surface area contributed by atoms with E-state index in [0.717, 1.165) is 0 Å². The Morgan fingerprint density at radius 3 is 2.08 bits per heavy atom. The summed E-state index contributed by atoms with van der Waals surface area (Å²) in [5.41, 5.74) is 23.2. The molecule has 0 spiro atoms. The third kappa shape index (κ3) is 6.60. The van der Waals surface area contributed by atoms with Crippen LogP contribution >= 0.6 is 0 Å². The summed E-state index contributed by atoms with van der Waals surface area (Å²) in [5.74, 6) is -0.805. The molecule has 16 N–H and O–H groups in total. The topological polar surface area (TPSA) is 312 Å². The molecule has 0 aromatic heterocycles. The van der Waals surface area contributed by atoms with Crippen molar-refractivity contribution in [3.8, 4) is 0 Å². The number of hydrogen-bond acceptors (Lipinski definition) is 16. The summed E-state index contributed by atoms with van der Waals surface area (Å²) in [7, 11) is 0. The molecule has 1 aliphatic carbocycles. The van der Waals surface area contributed by atoms with Crippen LogP contribution < -0.4 is 28.3 Å². The van der Waals surface area contributed by atoms with Crippen LogP contribution in [0.4, 0.5) is 0 Å². The van der Waals surface area contributed by atoms with Crippen molar-refractivity contribution in [3.63, 3.8) is 0 Å². The molecule has 2 saturated heterocycles. The van der Waals surface area contributed by atoms with Crippen molar-refractivity contribution in [2.75, 3.05) is 19.7 Å². The largest absolute Gasteiger partial charge is 0.394 e. The quantitative estimate of drug-likeness (QED) is 0.119. The van der Waals surface area contributed by atoms with E-state index >= 15 is 0 Å². The normalized spacial score (nSPS) is 46.6. The summed E-state index contributed by atoms with van der Waals surface area (Å²) in [6, 6.07) is -3.33. The molecule has 17 heteroatoms. The van der Waals surface area contributed by atoms with Gasteiger partial charge in [-0.05, 0) is 19.4 Å². The van der Waals surface area contributed by atoms with Crippen LogP contribution in [-0.2, 0) is 23.7 Å². The highest BCUT2D eigenvalue weighted by atomic mass is 16.7. The first-order chi connectivity index (χ1) is 17.9. The second-order valence-corrected chi connectivity index (χ2v) is 9.84. The fourth-order valence-corrected chi connectivity index (χ4v) is 4.84. The van der Waals surface area contributed by atoms with Crippen molar-refractivity contribution in [2.45, 2.75) is 105 Å². The number of rotatable bonds is 10. The molecule has 6 unspecified atom stereocenters. The Kier molecular flexibility index (Phi) is 11.1. The Morgan fingerprint density at radius 2 is 1.50 bits per heavy atom. The molecule has 3 fully saturated rings. The van der Waals surface area contributed by atoms with Gasteiger partial charge in [0.1, 0.15) is 61.0 Å². The number of nitrogens with two attached hydrogens (primary N) is 4.